The van der Waals surface area contributed by atoms with Gasteiger partial charge in [-0.3, -0.25) is 0 Å². The Balaban J connectivity index is 1.77. The van der Waals surface area contributed by atoms with Crippen molar-refractivity contribution < 1.29 is 0 Å². The van der Waals surface area contributed by atoms with Gasteiger partial charge < -0.3 is 15.5 Å². The van der Waals surface area contributed by atoms with Gasteiger partial charge in [0.1, 0.15) is 0 Å². The predicted octanol–water partition coefficient (Wildman–Crippen LogP) is 3.21. The van der Waals surface area contributed by atoms with Gasteiger partial charge in [0.05, 0.1) is 11.4 Å². The fraction of sp³-hybridized carbons (Fsp3) is 0.600. The summed E-state index contributed by atoms with van der Waals surface area (Å²) in [6.45, 7) is 2.18. The second-order valence-corrected chi connectivity index (χ2v) is 6.49. The highest BCUT2D eigenvalue weighted by atomic mass is 79.9. The SMILES string of the molecule is CNC1CCC(N2CCNc3cc(Br)ccc32)CC1. The molecule has 1 aliphatic carbocycles. The molecule has 0 amide bonds. The predicted molar refractivity (Wildman–Crippen MR) is 85.1 cm³/mol. The van der Waals surface area contributed by atoms with Crippen LogP contribution in [-0.4, -0.2) is 32.2 Å². The summed E-state index contributed by atoms with van der Waals surface area (Å²) >= 11 is 3.56. The summed E-state index contributed by atoms with van der Waals surface area (Å²) in [7, 11) is 2.09. The lowest BCUT2D eigenvalue weighted by molar-refractivity contribution is 0.345. The molecule has 19 heavy (non-hydrogen) atoms. The molecule has 0 saturated heterocycles. The van der Waals surface area contributed by atoms with Crippen LogP contribution in [-0.2, 0) is 0 Å². The Labute approximate surface area is 123 Å². The van der Waals surface area contributed by atoms with E-state index in [4.69, 9.17) is 0 Å². The Morgan fingerprint density at radius 1 is 1.26 bits per heavy atom. The molecule has 4 heteroatoms. The monoisotopic (exact) mass is 323 g/mol. The molecule has 3 rings (SSSR count). The molecule has 0 atom stereocenters. The molecular formula is C15H22BrN3. The van der Waals surface area contributed by atoms with Gasteiger partial charge in [-0.1, -0.05) is 15.9 Å². The quantitative estimate of drug-likeness (QED) is 0.875. The Morgan fingerprint density at radius 3 is 2.79 bits per heavy atom. The van der Waals surface area contributed by atoms with E-state index in [1.165, 1.54) is 37.1 Å². The summed E-state index contributed by atoms with van der Waals surface area (Å²) in [5.74, 6) is 0. The van der Waals surface area contributed by atoms with Gasteiger partial charge in [0.25, 0.3) is 0 Å². The third kappa shape index (κ3) is 2.75. The van der Waals surface area contributed by atoms with E-state index in [1.54, 1.807) is 0 Å². The lowest BCUT2D eigenvalue weighted by Gasteiger charge is -2.41. The van der Waals surface area contributed by atoms with Gasteiger partial charge in [-0.05, 0) is 50.9 Å². The van der Waals surface area contributed by atoms with E-state index in [-0.39, 0.29) is 0 Å². The average molecular weight is 324 g/mol. The van der Waals surface area contributed by atoms with E-state index in [0.717, 1.165) is 23.6 Å². The van der Waals surface area contributed by atoms with E-state index in [2.05, 4.69) is 56.7 Å². The standard InChI is InChI=1S/C15H22BrN3/c1-17-12-3-5-13(6-4-12)19-9-8-18-14-10-11(16)2-7-15(14)19/h2,7,10,12-13,17-18H,3-6,8-9H2,1H3. The van der Waals surface area contributed by atoms with Crippen LogP contribution in [0.25, 0.3) is 0 Å². The molecule has 0 bridgehead atoms. The van der Waals surface area contributed by atoms with E-state index in [1.807, 2.05) is 0 Å². The van der Waals surface area contributed by atoms with Crippen LogP contribution >= 0.6 is 15.9 Å². The van der Waals surface area contributed by atoms with E-state index in [9.17, 15) is 0 Å². The Morgan fingerprint density at radius 2 is 2.05 bits per heavy atom. The Kier molecular flexibility index (Phi) is 3.99. The van der Waals surface area contributed by atoms with Gasteiger partial charge in [0.15, 0.2) is 0 Å². The summed E-state index contributed by atoms with van der Waals surface area (Å²) in [6, 6.07) is 8.03. The van der Waals surface area contributed by atoms with Gasteiger partial charge >= 0.3 is 0 Å². The molecule has 1 aliphatic heterocycles. The lowest BCUT2D eigenvalue weighted by atomic mass is 9.89. The van der Waals surface area contributed by atoms with E-state index in [0.29, 0.717) is 6.04 Å². The van der Waals surface area contributed by atoms with Gasteiger partial charge in [-0.2, -0.15) is 0 Å². The molecule has 0 aromatic heterocycles. The molecule has 1 saturated carbocycles. The van der Waals surface area contributed by atoms with Crippen molar-refractivity contribution in [2.75, 3.05) is 30.4 Å². The molecule has 1 aromatic carbocycles. The molecule has 2 N–H and O–H groups in total. The summed E-state index contributed by atoms with van der Waals surface area (Å²) in [6.07, 6.45) is 5.22. The molecule has 1 aromatic rings. The van der Waals surface area contributed by atoms with Crippen molar-refractivity contribution in [2.45, 2.75) is 37.8 Å². The number of rotatable bonds is 2. The van der Waals surface area contributed by atoms with Crippen molar-refractivity contribution in [3.8, 4) is 0 Å². The molecule has 1 fully saturated rings. The first-order chi connectivity index (χ1) is 9.28. The van der Waals surface area contributed by atoms with Crippen LogP contribution in [0.4, 0.5) is 11.4 Å². The topological polar surface area (TPSA) is 27.3 Å². The first-order valence-electron chi connectivity index (χ1n) is 7.25. The molecule has 3 nitrogen and oxygen atoms in total. The minimum Gasteiger partial charge on any atom is -0.382 e. The third-order valence-corrected chi connectivity index (χ3v) is 4.98. The maximum atomic E-state index is 3.56. The number of nitrogens with one attached hydrogen (secondary N) is 2. The number of anilines is 2. The molecule has 0 spiro atoms. The second-order valence-electron chi connectivity index (χ2n) is 5.58. The zero-order chi connectivity index (χ0) is 13.2. The van der Waals surface area contributed by atoms with Gasteiger partial charge in [-0.25, -0.2) is 0 Å². The van der Waals surface area contributed by atoms with Crippen molar-refractivity contribution in [3.05, 3.63) is 22.7 Å². The lowest BCUT2D eigenvalue weighted by Crippen LogP contribution is -2.45. The van der Waals surface area contributed by atoms with Gasteiger partial charge in [0.2, 0.25) is 0 Å². The molecule has 2 aliphatic rings. The molecule has 0 radical (unpaired) electrons. The van der Waals surface area contributed by atoms with E-state index >= 15 is 0 Å². The normalized spacial score (nSPS) is 26.7. The second kappa shape index (κ2) is 5.71. The molecule has 104 valence electrons. The van der Waals surface area contributed by atoms with Crippen LogP contribution in [0.3, 0.4) is 0 Å². The highest BCUT2D eigenvalue weighted by Gasteiger charge is 2.28. The highest BCUT2D eigenvalue weighted by Crippen LogP contribution is 2.36. The fourth-order valence-corrected chi connectivity index (χ4v) is 3.75. The first kappa shape index (κ1) is 13.3. The van der Waals surface area contributed by atoms with Crippen LogP contribution in [0, 0.1) is 0 Å². The number of benzene rings is 1. The zero-order valence-electron chi connectivity index (χ0n) is 11.5. The maximum absolute atomic E-state index is 3.56. The number of fused-ring (bicyclic) bond motifs is 1. The summed E-state index contributed by atoms with van der Waals surface area (Å²) in [4.78, 5) is 2.62. The van der Waals surface area contributed by atoms with Crippen molar-refractivity contribution in [2.24, 2.45) is 0 Å². The Hall–Kier alpha value is -0.740. The fourth-order valence-electron chi connectivity index (χ4n) is 3.39. The number of hydrogen-bond donors (Lipinski definition) is 2. The third-order valence-electron chi connectivity index (χ3n) is 4.48. The average Bonchev–Trinajstić information content (AvgIpc) is 2.46. The zero-order valence-corrected chi connectivity index (χ0v) is 13.0. The summed E-state index contributed by atoms with van der Waals surface area (Å²) in [5, 5.41) is 6.93. The van der Waals surface area contributed by atoms with Crippen LogP contribution < -0.4 is 15.5 Å². The van der Waals surface area contributed by atoms with Crippen molar-refractivity contribution in [3.63, 3.8) is 0 Å². The number of halogens is 1. The number of hydrogen-bond acceptors (Lipinski definition) is 3. The van der Waals surface area contributed by atoms with Crippen molar-refractivity contribution in [1.29, 1.82) is 0 Å². The van der Waals surface area contributed by atoms with Gasteiger partial charge in [-0.15, -0.1) is 0 Å². The van der Waals surface area contributed by atoms with E-state index < -0.39 is 0 Å². The van der Waals surface area contributed by atoms with Crippen molar-refractivity contribution in [1.82, 2.24) is 5.32 Å². The maximum Gasteiger partial charge on any atom is 0.0605 e. The first-order valence-corrected chi connectivity index (χ1v) is 8.04. The van der Waals surface area contributed by atoms with Crippen LogP contribution in [0.2, 0.25) is 0 Å². The van der Waals surface area contributed by atoms with Crippen LogP contribution in [0.1, 0.15) is 25.7 Å². The summed E-state index contributed by atoms with van der Waals surface area (Å²) in [5.41, 5.74) is 2.65. The summed E-state index contributed by atoms with van der Waals surface area (Å²) < 4.78 is 1.15. The molecular weight excluding hydrogens is 302 g/mol. The van der Waals surface area contributed by atoms with Crippen LogP contribution in [0.5, 0.6) is 0 Å². The smallest absolute Gasteiger partial charge is 0.0605 e. The number of nitrogens with zero attached hydrogens (tertiary/aromatic N) is 1. The Bertz CT molecular complexity index is 441. The van der Waals surface area contributed by atoms with Gasteiger partial charge in [0, 0.05) is 29.6 Å². The molecule has 1 heterocycles. The minimum atomic E-state index is 0.714. The molecule has 0 unspecified atom stereocenters. The minimum absolute atomic E-state index is 0.714. The van der Waals surface area contributed by atoms with Crippen LogP contribution in [0.15, 0.2) is 22.7 Å². The largest absolute Gasteiger partial charge is 0.382 e. The highest BCUT2D eigenvalue weighted by molar-refractivity contribution is 9.10. The van der Waals surface area contributed by atoms with Crippen molar-refractivity contribution >= 4 is 27.3 Å².